The van der Waals surface area contributed by atoms with Crippen LogP contribution in [-0.2, 0) is 4.84 Å². The molecule has 0 amide bonds. The average Bonchev–Trinajstić information content (AvgIpc) is 2.90. The zero-order valence-electron chi connectivity index (χ0n) is 10.4. The second-order valence-corrected chi connectivity index (χ2v) is 4.61. The molecule has 9 heteroatoms. The summed E-state index contributed by atoms with van der Waals surface area (Å²) in [5.41, 5.74) is 5.72. The van der Waals surface area contributed by atoms with Crippen LogP contribution in [0, 0.1) is 10.1 Å². The molecule has 0 aliphatic rings. The van der Waals surface area contributed by atoms with Gasteiger partial charge in [-0.3, -0.25) is 10.1 Å². The topological polar surface area (TPSA) is 121 Å². The van der Waals surface area contributed by atoms with Gasteiger partial charge in [-0.2, -0.15) is 0 Å². The van der Waals surface area contributed by atoms with Crippen molar-refractivity contribution in [2.45, 2.75) is 0 Å². The predicted octanol–water partition coefficient (Wildman–Crippen LogP) is 2.43. The molecule has 1 heterocycles. The number of benzene rings is 1. The average molecular weight is 354 g/mol. The van der Waals surface area contributed by atoms with Gasteiger partial charge in [-0.05, 0) is 22.0 Å². The maximum atomic E-state index is 11.6. The number of furan rings is 1. The Morgan fingerprint density at radius 3 is 2.81 bits per heavy atom. The molecule has 0 unspecified atom stereocenters. The standard InChI is InChI=1S/C12H8BrN3O5/c13-9-4-5-20-10(9)12(17)21-15-11(14)7-2-1-3-8(6-7)16(18)19/h1-6H,(H2,14,15). The van der Waals surface area contributed by atoms with Gasteiger partial charge >= 0.3 is 5.97 Å². The molecule has 0 aliphatic heterocycles. The summed E-state index contributed by atoms with van der Waals surface area (Å²) >= 11 is 3.10. The lowest BCUT2D eigenvalue weighted by atomic mass is 10.2. The summed E-state index contributed by atoms with van der Waals surface area (Å²) in [4.78, 5) is 26.3. The fourth-order valence-electron chi connectivity index (χ4n) is 1.40. The van der Waals surface area contributed by atoms with E-state index in [0.29, 0.717) is 4.47 Å². The summed E-state index contributed by atoms with van der Waals surface area (Å²) < 4.78 is 5.31. The number of rotatable bonds is 4. The van der Waals surface area contributed by atoms with Crippen LogP contribution in [0.4, 0.5) is 5.69 Å². The third kappa shape index (κ3) is 3.45. The zero-order valence-corrected chi connectivity index (χ0v) is 11.9. The van der Waals surface area contributed by atoms with Gasteiger partial charge in [-0.25, -0.2) is 4.79 Å². The maximum absolute atomic E-state index is 11.6. The number of carbonyl (C=O) groups is 1. The Morgan fingerprint density at radius 1 is 1.43 bits per heavy atom. The normalized spacial score (nSPS) is 11.2. The Bertz CT molecular complexity index is 725. The quantitative estimate of drug-likeness (QED) is 0.296. The Hall–Kier alpha value is -2.68. The highest BCUT2D eigenvalue weighted by molar-refractivity contribution is 9.10. The van der Waals surface area contributed by atoms with Crippen molar-refractivity contribution in [1.82, 2.24) is 0 Å². The summed E-state index contributed by atoms with van der Waals surface area (Å²) in [7, 11) is 0. The minimum Gasteiger partial charge on any atom is -0.456 e. The van der Waals surface area contributed by atoms with E-state index in [2.05, 4.69) is 25.9 Å². The molecule has 108 valence electrons. The van der Waals surface area contributed by atoms with E-state index in [0.717, 1.165) is 0 Å². The molecule has 0 aliphatic carbocycles. The van der Waals surface area contributed by atoms with E-state index < -0.39 is 10.9 Å². The van der Waals surface area contributed by atoms with E-state index in [1.54, 1.807) is 0 Å². The Morgan fingerprint density at radius 2 is 2.19 bits per heavy atom. The molecular formula is C12H8BrN3O5. The first-order chi connectivity index (χ1) is 9.99. The molecule has 0 bridgehead atoms. The van der Waals surface area contributed by atoms with E-state index in [1.807, 2.05) is 0 Å². The fraction of sp³-hybridized carbons (Fsp3) is 0. The lowest BCUT2D eigenvalue weighted by Crippen LogP contribution is -2.15. The smallest absolute Gasteiger partial charge is 0.401 e. The van der Waals surface area contributed by atoms with Crippen molar-refractivity contribution in [3.63, 3.8) is 0 Å². The summed E-state index contributed by atoms with van der Waals surface area (Å²) in [6.45, 7) is 0. The van der Waals surface area contributed by atoms with Crippen LogP contribution >= 0.6 is 15.9 Å². The van der Waals surface area contributed by atoms with Crippen LogP contribution in [0.25, 0.3) is 0 Å². The molecule has 1 aromatic carbocycles. The minimum absolute atomic E-state index is 0.0643. The largest absolute Gasteiger partial charge is 0.456 e. The molecule has 1 aromatic heterocycles. The second kappa shape index (κ2) is 6.18. The highest BCUT2D eigenvalue weighted by Crippen LogP contribution is 2.18. The van der Waals surface area contributed by atoms with Gasteiger partial charge in [0.15, 0.2) is 5.84 Å². The lowest BCUT2D eigenvalue weighted by Gasteiger charge is -2.00. The van der Waals surface area contributed by atoms with Gasteiger partial charge in [-0.15, -0.1) is 0 Å². The highest BCUT2D eigenvalue weighted by atomic mass is 79.9. The summed E-state index contributed by atoms with van der Waals surface area (Å²) in [6.07, 6.45) is 1.30. The van der Waals surface area contributed by atoms with Crippen LogP contribution in [0.15, 0.2) is 50.6 Å². The van der Waals surface area contributed by atoms with Crippen molar-refractivity contribution < 1.29 is 19.0 Å². The summed E-state index contributed by atoms with van der Waals surface area (Å²) in [5, 5.41) is 14.1. The SMILES string of the molecule is N/C(=N/OC(=O)c1occc1Br)c1cccc([N+](=O)[O-])c1. The summed E-state index contributed by atoms with van der Waals surface area (Å²) in [6, 6.07) is 6.99. The first-order valence-electron chi connectivity index (χ1n) is 5.51. The predicted molar refractivity (Wildman–Crippen MR) is 75.6 cm³/mol. The number of nitro benzene ring substituents is 1. The van der Waals surface area contributed by atoms with Gasteiger partial charge < -0.3 is 15.0 Å². The van der Waals surface area contributed by atoms with Gasteiger partial charge in [0.1, 0.15) is 0 Å². The monoisotopic (exact) mass is 353 g/mol. The molecule has 0 saturated heterocycles. The van der Waals surface area contributed by atoms with Gasteiger partial charge in [0, 0.05) is 17.7 Å². The number of amidine groups is 1. The first-order valence-corrected chi connectivity index (χ1v) is 6.31. The number of carbonyl (C=O) groups excluding carboxylic acids is 1. The van der Waals surface area contributed by atoms with Crippen molar-refractivity contribution in [1.29, 1.82) is 0 Å². The molecule has 0 spiro atoms. The first kappa shape index (κ1) is 14.7. The van der Waals surface area contributed by atoms with E-state index >= 15 is 0 Å². The number of oxime groups is 1. The van der Waals surface area contributed by atoms with Gasteiger partial charge in [0.25, 0.3) is 5.69 Å². The van der Waals surface area contributed by atoms with Crippen LogP contribution in [0.5, 0.6) is 0 Å². The van der Waals surface area contributed by atoms with Crippen LogP contribution in [0.1, 0.15) is 16.1 Å². The van der Waals surface area contributed by atoms with Crippen LogP contribution in [0.2, 0.25) is 0 Å². The number of non-ortho nitro benzene ring substituents is 1. The maximum Gasteiger partial charge on any atom is 0.401 e. The molecule has 0 atom stereocenters. The van der Waals surface area contributed by atoms with E-state index in [9.17, 15) is 14.9 Å². The van der Waals surface area contributed by atoms with Crippen LogP contribution < -0.4 is 5.73 Å². The third-order valence-electron chi connectivity index (χ3n) is 2.38. The Balaban J connectivity index is 2.14. The van der Waals surface area contributed by atoms with Crippen LogP contribution in [-0.4, -0.2) is 16.7 Å². The lowest BCUT2D eigenvalue weighted by molar-refractivity contribution is -0.384. The third-order valence-corrected chi connectivity index (χ3v) is 3.01. The molecule has 2 aromatic rings. The molecule has 21 heavy (non-hydrogen) atoms. The Kier molecular flexibility index (Phi) is 4.33. The van der Waals surface area contributed by atoms with Crippen molar-refractivity contribution in [3.8, 4) is 0 Å². The van der Waals surface area contributed by atoms with Crippen molar-refractivity contribution in [2.24, 2.45) is 10.9 Å². The van der Waals surface area contributed by atoms with E-state index in [1.165, 1.54) is 36.6 Å². The molecule has 0 fully saturated rings. The zero-order chi connectivity index (χ0) is 15.4. The van der Waals surface area contributed by atoms with Gasteiger partial charge in [0.05, 0.1) is 15.7 Å². The number of hydrogen-bond donors (Lipinski definition) is 1. The molecule has 8 nitrogen and oxygen atoms in total. The molecule has 0 saturated carbocycles. The highest BCUT2D eigenvalue weighted by Gasteiger charge is 2.16. The van der Waals surface area contributed by atoms with Gasteiger partial charge in [0.2, 0.25) is 5.76 Å². The molecule has 0 radical (unpaired) electrons. The van der Waals surface area contributed by atoms with Crippen molar-refractivity contribution in [3.05, 3.63) is 62.5 Å². The van der Waals surface area contributed by atoms with E-state index in [4.69, 9.17) is 10.2 Å². The van der Waals surface area contributed by atoms with Gasteiger partial charge in [-0.1, -0.05) is 17.3 Å². The molecule has 2 rings (SSSR count). The fourth-order valence-corrected chi connectivity index (χ4v) is 1.77. The van der Waals surface area contributed by atoms with Crippen molar-refractivity contribution >= 4 is 33.4 Å². The number of nitrogens with two attached hydrogens (primary N) is 1. The number of hydrogen-bond acceptors (Lipinski definition) is 6. The van der Waals surface area contributed by atoms with E-state index in [-0.39, 0.29) is 22.8 Å². The van der Waals surface area contributed by atoms with Crippen molar-refractivity contribution in [2.75, 3.05) is 0 Å². The second-order valence-electron chi connectivity index (χ2n) is 3.76. The number of halogens is 1. The van der Waals surface area contributed by atoms with Crippen LogP contribution in [0.3, 0.4) is 0 Å². The minimum atomic E-state index is -0.847. The number of nitro groups is 1. The summed E-state index contributed by atoms with van der Waals surface area (Å²) in [5.74, 6) is -1.08. The molecule has 2 N–H and O–H groups in total. The Labute approximate surface area is 126 Å². The number of nitrogens with zero attached hydrogens (tertiary/aromatic N) is 2. The molecular weight excluding hydrogens is 346 g/mol.